The quantitative estimate of drug-likeness (QED) is 0.450. The van der Waals surface area contributed by atoms with Gasteiger partial charge in [-0.3, -0.25) is 15.3 Å². The summed E-state index contributed by atoms with van der Waals surface area (Å²) in [6, 6.07) is 1.41. The minimum Gasteiger partial charge on any atom is -0.449 e. The molecular weight excluding hydrogens is 396 g/mol. The molecule has 0 spiro atoms. The summed E-state index contributed by atoms with van der Waals surface area (Å²) in [4.78, 5) is 28.6. The zero-order chi connectivity index (χ0) is 21.8. The first-order valence-corrected chi connectivity index (χ1v) is 11.6. The number of piperidine rings is 1. The topological polar surface area (TPSA) is 106 Å². The van der Waals surface area contributed by atoms with Gasteiger partial charge in [0.05, 0.1) is 0 Å². The van der Waals surface area contributed by atoms with Crippen LogP contribution >= 0.6 is 0 Å². The van der Waals surface area contributed by atoms with Crippen LogP contribution in [0.15, 0.2) is 28.5 Å². The Morgan fingerprint density at radius 3 is 2.87 bits per heavy atom. The Labute approximate surface area is 183 Å². The van der Waals surface area contributed by atoms with Gasteiger partial charge in [0.1, 0.15) is 0 Å². The molecule has 170 valence electrons. The predicted octanol–water partition coefficient (Wildman–Crippen LogP) is 2.35. The number of hydrogen-bond donors (Lipinski definition) is 2. The Hall–Kier alpha value is -2.19. The second-order valence-corrected chi connectivity index (χ2v) is 9.16. The van der Waals surface area contributed by atoms with E-state index in [1.165, 1.54) is 24.8 Å². The van der Waals surface area contributed by atoms with E-state index in [2.05, 4.69) is 29.5 Å². The van der Waals surface area contributed by atoms with Gasteiger partial charge in [-0.25, -0.2) is 4.99 Å². The molecule has 6 unspecified atom stereocenters. The van der Waals surface area contributed by atoms with Crippen LogP contribution in [0, 0.1) is 5.92 Å². The first kappa shape index (κ1) is 22.0. The van der Waals surface area contributed by atoms with Gasteiger partial charge >= 0.3 is 0 Å². The monoisotopic (exact) mass is 430 g/mol. The molecule has 0 aromatic heterocycles. The molecule has 8 heteroatoms. The lowest BCUT2D eigenvalue weighted by molar-refractivity contribution is -0.134. The van der Waals surface area contributed by atoms with E-state index in [1.54, 1.807) is 0 Å². The molecule has 0 amide bonds. The van der Waals surface area contributed by atoms with Crippen LogP contribution in [0.5, 0.6) is 0 Å². The van der Waals surface area contributed by atoms with E-state index in [-0.39, 0.29) is 0 Å². The number of aliphatic imine (C=N–C) groups is 1. The molecule has 1 fully saturated rings. The summed E-state index contributed by atoms with van der Waals surface area (Å²) in [5.74, 6) is 0.311. The number of carbonyl (C=O) groups is 2. The number of carbonyl (C=O) groups excluding carboxylic acids is 2. The lowest BCUT2D eigenvalue weighted by Gasteiger charge is -2.46. The van der Waals surface area contributed by atoms with Gasteiger partial charge in [-0.05, 0) is 56.6 Å². The van der Waals surface area contributed by atoms with Crippen molar-refractivity contribution >= 4 is 18.7 Å². The molecule has 3 N–H and O–H groups in total. The smallest absolute Gasteiger partial charge is 0.295 e. The second kappa shape index (κ2) is 9.96. The fourth-order valence-corrected chi connectivity index (χ4v) is 5.56. The molecule has 4 aliphatic rings. The summed E-state index contributed by atoms with van der Waals surface area (Å²) in [5.41, 5.74) is 9.48. The molecule has 0 saturated carbocycles. The van der Waals surface area contributed by atoms with Crippen LogP contribution in [0.2, 0.25) is 0 Å². The van der Waals surface area contributed by atoms with Crippen molar-refractivity contribution in [2.45, 2.75) is 95.3 Å². The fourth-order valence-electron chi connectivity index (χ4n) is 5.56. The van der Waals surface area contributed by atoms with Gasteiger partial charge in [-0.2, -0.15) is 0 Å². The van der Waals surface area contributed by atoms with Gasteiger partial charge in [0.15, 0.2) is 12.5 Å². The van der Waals surface area contributed by atoms with Crippen LogP contribution in [-0.4, -0.2) is 54.1 Å². The van der Waals surface area contributed by atoms with Crippen LogP contribution in [0.1, 0.15) is 64.7 Å². The summed E-state index contributed by atoms with van der Waals surface area (Å²) in [6.45, 7) is 3.14. The molecule has 0 aromatic rings. The SMILES string of the molecule is CC1CCCC(C2=CN3C=C(CCC(N)OC=O)C4=NC(OC=O)CCC4C3CC2)N1. The van der Waals surface area contributed by atoms with E-state index in [4.69, 9.17) is 20.2 Å². The van der Waals surface area contributed by atoms with Gasteiger partial charge in [0.2, 0.25) is 0 Å². The molecule has 4 heterocycles. The van der Waals surface area contributed by atoms with Crippen LogP contribution in [-0.2, 0) is 19.1 Å². The van der Waals surface area contributed by atoms with E-state index < -0.39 is 12.5 Å². The van der Waals surface area contributed by atoms with Crippen molar-refractivity contribution in [2.75, 3.05) is 0 Å². The zero-order valence-electron chi connectivity index (χ0n) is 18.2. The van der Waals surface area contributed by atoms with E-state index in [0.717, 1.165) is 37.0 Å². The Kier molecular flexibility index (Phi) is 7.07. The maximum atomic E-state index is 10.8. The van der Waals surface area contributed by atoms with Crippen molar-refractivity contribution in [3.05, 3.63) is 23.5 Å². The Morgan fingerprint density at radius 1 is 1.23 bits per heavy atom. The first-order valence-electron chi connectivity index (χ1n) is 11.6. The van der Waals surface area contributed by atoms with Crippen molar-refractivity contribution < 1.29 is 19.1 Å². The Balaban J connectivity index is 1.59. The minimum atomic E-state index is -0.638. The van der Waals surface area contributed by atoms with Crippen LogP contribution in [0.25, 0.3) is 0 Å². The highest BCUT2D eigenvalue weighted by atomic mass is 16.5. The molecule has 0 bridgehead atoms. The summed E-state index contributed by atoms with van der Waals surface area (Å²) in [6.07, 6.45) is 12.2. The Morgan fingerprint density at radius 2 is 2.10 bits per heavy atom. The number of nitrogens with two attached hydrogens (primary N) is 1. The highest BCUT2D eigenvalue weighted by Crippen LogP contribution is 2.40. The molecule has 1 saturated heterocycles. The number of hydrogen-bond acceptors (Lipinski definition) is 8. The summed E-state index contributed by atoms with van der Waals surface area (Å²) in [5, 5.41) is 3.77. The van der Waals surface area contributed by atoms with Gasteiger partial charge in [0, 0.05) is 55.0 Å². The van der Waals surface area contributed by atoms with Crippen molar-refractivity contribution in [1.29, 1.82) is 0 Å². The average molecular weight is 431 g/mol. The molecule has 6 atom stereocenters. The highest BCUT2D eigenvalue weighted by Gasteiger charge is 2.40. The Bertz CT molecular complexity index is 765. The van der Waals surface area contributed by atoms with Crippen molar-refractivity contribution in [3.8, 4) is 0 Å². The normalized spacial score (nSPS) is 33.7. The summed E-state index contributed by atoms with van der Waals surface area (Å²) in [7, 11) is 0. The third kappa shape index (κ3) is 5.01. The van der Waals surface area contributed by atoms with Crippen molar-refractivity contribution in [1.82, 2.24) is 10.2 Å². The van der Waals surface area contributed by atoms with Crippen molar-refractivity contribution in [2.24, 2.45) is 16.6 Å². The maximum absolute atomic E-state index is 10.8. The van der Waals surface area contributed by atoms with Gasteiger partial charge < -0.3 is 19.7 Å². The van der Waals surface area contributed by atoms with Gasteiger partial charge in [-0.15, -0.1) is 0 Å². The molecule has 0 aliphatic carbocycles. The summed E-state index contributed by atoms with van der Waals surface area (Å²) >= 11 is 0. The lowest BCUT2D eigenvalue weighted by Crippen LogP contribution is -2.49. The van der Waals surface area contributed by atoms with Crippen LogP contribution in [0.3, 0.4) is 0 Å². The standard InChI is InChI=1S/C23H34N4O4/c1-15-3-2-4-19(25-15)16-5-8-20-18-7-10-22(31-14-29)26-23(18)17(12-27(20)11-16)6-9-21(24)30-13-28/h11-15,18-22,25H,2-10,24H2,1H3. The zero-order valence-corrected chi connectivity index (χ0v) is 18.2. The molecule has 31 heavy (non-hydrogen) atoms. The fraction of sp³-hybridized carbons (Fsp3) is 0.696. The molecule has 0 aromatic carbocycles. The van der Waals surface area contributed by atoms with Crippen molar-refractivity contribution in [3.63, 3.8) is 0 Å². The molecule has 4 rings (SSSR count). The number of ether oxygens (including phenoxy) is 2. The number of fused-ring (bicyclic) bond motifs is 3. The highest BCUT2D eigenvalue weighted by molar-refractivity contribution is 6.03. The third-order valence-electron chi connectivity index (χ3n) is 7.09. The van der Waals surface area contributed by atoms with Crippen LogP contribution < -0.4 is 11.1 Å². The third-order valence-corrected chi connectivity index (χ3v) is 7.09. The van der Waals surface area contributed by atoms with E-state index in [9.17, 15) is 9.59 Å². The maximum Gasteiger partial charge on any atom is 0.295 e. The van der Waals surface area contributed by atoms with Crippen LogP contribution in [0.4, 0.5) is 0 Å². The van der Waals surface area contributed by atoms with E-state index in [0.29, 0.717) is 49.8 Å². The lowest BCUT2D eigenvalue weighted by atomic mass is 9.75. The van der Waals surface area contributed by atoms with Gasteiger partial charge in [0.25, 0.3) is 12.9 Å². The molecule has 4 aliphatic heterocycles. The molecule has 0 radical (unpaired) electrons. The largest absolute Gasteiger partial charge is 0.449 e. The minimum absolute atomic E-state index is 0.311. The molecule has 8 nitrogen and oxygen atoms in total. The average Bonchev–Trinajstić information content (AvgIpc) is 2.77. The predicted molar refractivity (Wildman–Crippen MR) is 117 cm³/mol. The first-order chi connectivity index (χ1) is 15.1. The molecular formula is C23H34N4O4. The number of rotatable bonds is 8. The summed E-state index contributed by atoms with van der Waals surface area (Å²) < 4.78 is 10.0. The second-order valence-electron chi connectivity index (χ2n) is 9.16. The van der Waals surface area contributed by atoms with E-state index >= 15 is 0 Å². The van der Waals surface area contributed by atoms with Gasteiger partial charge in [-0.1, -0.05) is 6.42 Å². The number of nitrogens with one attached hydrogen (secondary N) is 1. The van der Waals surface area contributed by atoms with E-state index in [1.807, 2.05) is 0 Å². The number of nitrogens with zero attached hydrogens (tertiary/aromatic N) is 2. The number of allylic oxidation sites excluding steroid dienone is 1.